The standard InChI is InChI=1S/C18H17F3N2O2S/c1-4-13(6-5-12(2)3)16-11-17(18(19,20)21)22-23(16)14-7-9-15(10-8-14)26(24)25/h4-11H,1H2,2-3H3,(H,24,25)/p-1. The van der Waals surface area contributed by atoms with Crippen molar-refractivity contribution in [2.24, 2.45) is 0 Å². The van der Waals surface area contributed by atoms with Crippen LogP contribution >= 0.6 is 0 Å². The van der Waals surface area contributed by atoms with Crippen molar-refractivity contribution in [2.75, 3.05) is 0 Å². The zero-order chi connectivity index (χ0) is 19.5. The molecule has 0 aliphatic heterocycles. The molecule has 138 valence electrons. The number of nitrogens with zero attached hydrogens (tertiary/aromatic N) is 2. The second-order valence-electron chi connectivity index (χ2n) is 5.62. The number of hydrogen-bond acceptors (Lipinski definition) is 3. The Bertz CT molecular complexity index is 890. The smallest absolute Gasteiger partial charge is 0.435 e. The Balaban J connectivity index is 2.65. The molecule has 0 amide bonds. The Morgan fingerprint density at radius 3 is 2.31 bits per heavy atom. The molecule has 0 radical (unpaired) electrons. The van der Waals surface area contributed by atoms with Crippen molar-refractivity contribution in [3.63, 3.8) is 0 Å². The minimum absolute atomic E-state index is 0.0301. The van der Waals surface area contributed by atoms with Gasteiger partial charge in [0.1, 0.15) is 0 Å². The van der Waals surface area contributed by atoms with Crippen molar-refractivity contribution in [1.29, 1.82) is 0 Å². The van der Waals surface area contributed by atoms with Gasteiger partial charge in [0.2, 0.25) is 0 Å². The number of benzene rings is 1. The summed E-state index contributed by atoms with van der Waals surface area (Å²) in [6, 6.07) is 6.31. The van der Waals surface area contributed by atoms with Crippen LogP contribution in [0.3, 0.4) is 0 Å². The van der Waals surface area contributed by atoms with Crippen LogP contribution in [-0.2, 0) is 17.3 Å². The molecule has 26 heavy (non-hydrogen) atoms. The quantitative estimate of drug-likeness (QED) is 0.559. The second-order valence-corrected chi connectivity index (χ2v) is 6.56. The first-order chi connectivity index (χ1) is 12.1. The summed E-state index contributed by atoms with van der Waals surface area (Å²) < 4.78 is 62.4. The third-order valence-corrected chi connectivity index (χ3v) is 4.04. The van der Waals surface area contributed by atoms with Crippen molar-refractivity contribution in [3.8, 4) is 5.69 Å². The Kier molecular flexibility index (Phi) is 5.99. The molecule has 4 nitrogen and oxygen atoms in total. The van der Waals surface area contributed by atoms with Crippen LogP contribution in [0, 0.1) is 0 Å². The Hall–Kier alpha value is -2.45. The van der Waals surface area contributed by atoms with E-state index in [1.807, 2.05) is 13.8 Å². The van der Waals surface area contributed by atoms with Gasteiger partial charge in [-0.05, 0) is 60.8 Å². The lowest BCUT2D eigenvalue weighted by Gasteiger charge is -2.10. The van der Waals surface area contributed by atoms with Crippen molar-refractivity contribution in [2.45, 2.75) is 24.9 Å². The first kappa shape index (κ1) is 19.9. The predicted molar refractivity (Wildman–Crippen MR) is 93.4 cm³/mol. The molecule has 0 N–H and O–H groups in total. The average Bonchev–Trinajstić information content (AvgIpc) is 3.01. The molecule has 1 heterocycles. The van der Waals surface area contributed by atoms with E-state index in [9.17, 15) is 21.9 Å². The number of halogens is 3. The van der Waals surface area contributed by atoms with Gasteiger partial charge in [0.05, 0.1) is 11.4 Å². The van der Waals surface area contributed by atoms with E-state index in [0.717, 1.165) is 16.3 Å². The van der Waals surface area contributed by atoms with E-state index < -0.39 is 23.0 Å². The monoisotopic (exact) mass is 381 g/mol. The molecule has 1 aromatic carbocycles. The maximum absolute atomic E-state index is 13.1. The number of allylic oxidation sites excluding steroid dienone is 5. The van der Waals surface area contributed by atoms with Crippen molar-refractivity contribution >= 4 is 16.7 Å². The highest BCUT2D eigenvalue weighted by Gasteiger charge is 2.35. The molecule has 0 saturated carbocycles. The fraction of sp³-hybridized carbons (Fsp3) is 0.167. The summed E-state index contributed by atoms with van der Waals surface area (Å²) in [7, 11) is 0. The van der Waals surface area contributed by atoms with Crippen LogP contribution in [0.25, 0.3) is 11.3 Å². The van der Waals surface area contributed by atoms with E-state index in [4.69, 9.17) is 0 Å². The van der Waals surface area contributed by atoms with Crippen LogP contribution in [0.1, 0.15) is 25.2 Å². The van der Waals surface area contributed by atoms with Crippen molar-refractivity contribution in [1.82, 2.24) is 9.78 Å². The van der Waals surface area contributed by atoms with Crippen molar-refractivity contribution < 1.29 is 21.9 Å². The van der Waals surface area contributed by atoms with Gasteiger partial charge >= 0.3 is 6.18 Å². The lowest BCUT2D eigenvalue weighted by Crippen LogP contribution is -2.07. The Morgan fingerprint density at radius 1 is 1.23 bits per heavy atom. The van der Waals surface area contributed by atoms with Gasteiger partial charge in [-0.2, -0.15) is 18.3 Å². The summed E-state index contributed by atoms with van der Waals surface area (Å²) >= 11 is -2.42. The van der Waals surface area contributed by atoms with Gasteiger partial charge in [0, 0.05) is 4.90 Å². The minimum atomic E-state index is -4.61. The van der Waals surface area contributed by atoms with Gasteiger partial charge < -0.3 is 4.55 Å². The maximum Gasteiger partial charge on any atom is 0.435 e. The summed E-state index contributed by atoms with van der Waals surface area (Å²) in [6.07, 6.45) is 0.232. The van der Waals surface area contributed by atoms with Gasteiger partial charge in [-0.25, -0.2) is 4.68 Å². The second kappa shape index (κ2) is 7.84. The van der Waals surface area contributed by atoms with Crippen LogP contribution < -0.4 is 0 Å². The average molecular weight is 381 g/mol. The summed E-state index contributed by atoms with van der Waals surface area (Å²) in [4.78, 5) is 0.0301. The molecule has 0 bridgehead atoms. The third kappa shape index (κ3) is 4.59. The highest BCUT2D eigenvalue weighted by molar-refractivity contribution is 7.79. The number of rotatable bonds is 5. The summed E-state index contributed by atoms with van der Waals surface area (Å²) in [5.41, 5.74) is 0.865. The van der Waals surface area contributed by atoms with Crippen molar-refractivity contribution in [3.05, 3.63) is 72.1 Å². The molecule has 1 aromatic heterocycles. The van der Waals surface area contributed by atoms with E-state index in [1.165, 1.54) is 30.3 Å². The molecular formula is C18H16F3N2O2S-. The maximum atomic E-state index is 13.1. The van der Waals surface area contributed by atoms with Crippen LogP contribution in [0.4, 0.5) is 13.2 Å². The van der Waals surface area contributed by atoms with Crippen LogP contribution in [0.2, 0.25) is 0 Å². The van der Waals surface area contributed by atoms with E-state index in [2.05, 4.69) is 11.7 Å². The third-order valence-electron chi connectivity index (χ3n) is 3.39. The molecule has 0 spiro atoms. The molecule has 0 aliphatic carbocycles. The molecule has 1 atom stereocenters. The van der Waals surface area contributed by atoms with Crippen LogP contribution in [0.5, 0.6) is 0 Å². The molecule has 0 saturated heterocycles. The van der Waals surface area contributed by atoms with Gasteiger partial charge in [-0.3, -0.25) is 4.21 Å². The molecule has 1 unspecified atom stereocenters. The largest absolute Gasteiger partial charge is 0.768 e. The fourth-order valence-corrected chi connectivity index (χ4v) is 2.49. The highest BCUT2D eigenvalue weighted by Crippen LogP contribution is 2.32. The normalized spacial score (nSPS) is 13.4. The Labute approximate surface area is 151 Å². The van der Waals surface area contributed by atoms with E-state index in [1.54, 1.807) is 12.2 Å². The molecule has 2 rings (SSSR count). The summed E-state index contributed by atoms with van der Waals surface area (Å²) in [6.45, 7) is 7.37. The minimum Gasteiger partial charge on any atom is -0.768 e. The molecule has 2 aromatic rings. The number of aromatic nitrogens is 2. The lowest BCUT2D eigenvalue weighted by molar-refractivity contribution is -0.141. The van der Waals surface area contributed by atoms with E-state index in [0.29, 0.717) is 11.3 Å². The van der Waals surface area contributed by atoms with Gasteiger partial charge in [0.25, 0.3) is 0 Å². The number of alkyl halides is 3. The lowest BCUT2D eigenvalue weighted by atomic mass is 10.1. The van der Waals surface area contributed by atoms with E-state index >= 15 is 0 Å². The summed E-state index contributed by atoms with van der Waals surface area (Å²) in [5.74, 6) is 0. The topological polar surface area (TPSA) is 58.0 Å². The molecular weight excluding hydrogens is 365 g/mol. The zero-order valence-corrected chi connectivity index (χ0v) is 14.9. The number of hydrogen-bond donors (Lipinski definition) is 0. The van der Waals surface area contributed by atoms with Gasteiger partial charge in [-0.1, -0.05) is 30.4 Å². The van der Waals surface area contributed by atoms with Crippen LogP contribution in [0.15, 0.2) is 65.6 Å². The predicted octanol–water partition coefficient (Wildman–Crippen LogP) is 4.66. The van der Waals surface area contributed by atoms with E-state index in [-0.39, 0.29) is 10.6 Å². The Morgan fingerprint density at radius 2 is 1.85 bits per heavy atom. The molecule has 0 fully saturated rings. The molecule has 0 aliphatic rings. The fourth-order valence-electron chi connectivity index (χ4n) is 2.13. The van der Waals surface area contributed by atoms with Gasteiger partial charge in [0.15, 0.2) is 5.69 Å². The first-order valence-corrected chi connectivity index (χ1v) is 8.56. The van der Waals surface area contributed by atoms with Crippen LogP contribution in [-0.4, -0.2) is 18.5 Å². The zero-order valence-electron chi connectivity index (χ0n) is 14.1. The molecule has 8 heteroatoms. The first-order valence-electron chi connectivity index (χ1n) is 7.48. The highest BCUT2D eigenvalue weighted by atomic mass is 32.2. The SMILES string of the molecule is C=CC(=CC=C(C)C)c1cc(C(F)(F)F)nn1-c1ccc(S(=O)[O-])cc1. The summed E-state index contributed by atoms with van der Waals surface area (Å²) in [5, 5.41) is 3.65. The van der Waals surface area contributed by atoms with Gasteiger partial charge in [-0.15, -0.1) is 0 Å².